The molecule has 0 saturated heterocycles. The number of carbonyl (C=O) groups excluding carboxylic acids is 1. The summed E-state index contributed by atoms with van der Waals surface area (Å²) in [6.07, 6.45) is 7.19. The van der Waals surface area contributed by atoms with E-state index in [-0.39, 0.29) is 22.1 Å². The Hall–Kier alpha value is -1.22. The van der Waals surface area contributed by atoms with Crippen molar-refractivity contribution in [1.29, 1.82) is 0 Å². The highest BCUT2D eigenvalue weighted by molar-refractivity contribution is 8.13. The summed E-state index contributed by atoms with van der Waals surface area (Å²) in [6, 6.07) is 0. The molecule has 0 aliphatic heterocycles. The maximum atomic E-state index is 11.6. The number of aromatic nitrogens is 6. The molecule has 0 fully saturated rings. The average Bonchev–Trinajstić information content (AvgIpc) is 2.90. The maximum absolute atomic E-state index is 11.6. The van der Waals surface area contributed by atoms with Gasteiger partial charge in [0.2, 0.25) is 11.4 Å². The van der Waals surface area contributed by atoms with Crippen molar-refractivity contribution in [3.8, 4) is 0 Å². The molecule has 0 aliphatic carbocycles. The van der Waals surface area contributed by atoms with Crippen LogP contribution >= 0.6 is 11.8 Å². The Labute approximate surface area is 119 Å². The van der Waals surface area contributed by atoms with Crippen LogP contribution in [-0.2, 0) is 24.9 Å². The van der Waals surface area contributed by atoms with E-state index in [1.807, 2.05) is 34.9 Å². The fourth-order valence-electron chi connectivity index (χ4n) is 1.33. The third kappa shape index (κ3) is 4.57. The summed E-state index contributed by atoms with van der Waals surface area (Å²) in [5.41, 5.74) is 0. The molecule has 0 unspecified atom stereocenters. The average molecular weight is 333 g/mol. The van der Waals surface area contributed by atoms with Crippen LogP contribution in [0.15, 0.2) is 25.0 Å². The van der Waals surface area contributed by atoms with Crippen LogP contribution in [0, 0.1) is 0 Å². The van der Waals surface area contributed by atoms with Gasteiger partial charge >= 0.3 is 0 Å². The molecule has 2 aromatic heterocycles. The number of thioether (sulfide) groups is 1. The third-order valence-electron chi connectivity index (χ3n) is 2.11. The molecule has 2 aromatic rings. The van der Waals surface area contributed by atoms with E-state index >= 15 is 0 Å². The first-order valence-electron chi connectivity index (χ1n) is 5.11. The fourth-order valence-corrected chi connectivity index (χ4v) is 2.07. The van der Waals surface area contributed by atoms with Crippen LogP contribution < -0.4 is 21.5 Å². The number of imidazole rings is 1. The number of halogens is 1. The molecular weight excluding hydrogens is 320 g/mol. The number of carbonyl (C=O) groups is 1. The summed E-state index contributed by atoms with van der Waals surface area (Å²) in [5, 5.41) is 10.9. The minimum atomic E-state index is 0. The van der Waals surface area contributed by atoms with Crippen molar-refractivity contribution in [2.45, 2.75) is 13.1 Å². The first-order valence-corrected chi connectivity index (χ1v) is 6.10. The van der Waals surface area contributed by atoms with E-state index in [9.17, 15) is 4.79 Å². The Morgan fingerprint density at radius 1 is 1.50 bits per heavy atom. The lowest BCUT2D eigenvalue weighted by Crippen LogP contribution is -3.00. The summed E-state index contributed by atoms with van der Waals surface area (Å²) in [4.78, 5) is 11.6. The molecule has 0 saturated carbocycles. The van der Waals surface area contributed by atoms with Gasteiger partial charge in [0, 0.05) is 5.75 Å². The third-order valence-corrected chi connectivity index (χ3v) is 2.95. The first kappa shape index (κ1) is 14.8. The number of aryl methyl sites for hydroxylation is 2. The second-order valence-electron chi connectivity index (χ2n) is 3.54. The van der Waals surface area contributed by atoms with E-state index in [1.54, 1.807) is 4.68 Å². The Balaban J connectivity index is 0.00000162. The topological polar surface area (TPSA) is 69.5 Å². The SMILES string of the molecule is C[n+]1ccn(CC(=O)SCCn2cnnn2)c1.[Br-]. The standard InChI is InChI=1S/C9H13N6OS.BrH/c1-13-2-3-14(8-13)6-9(16)17-5-4-15-7-10-11-12-15;/h2-3,7-8H,4-6H2,1H3;1H/q+1;/p-1. The zero-order valence-corrected chi connectivity index (χ0v) is 12.2. The summed E-state index contributed by atoms with van der Waals surface area (Å²) >= 11 is 1.29. The van der Waals surface area contributed by atoms with Crippen molar-refractivity contribution in [2.24, 2.45) is 7.05 Å². The second kappa shape index (κ2) is 7.27. The van der Waals surface area contributed by atoms with E-state index in [0.29, 0.717) is 18.8 Å². The molecule has 0 N–H and O–H groups in total. The van der Waals surface area contributed by atoms with Crippen LogP contribution in [0.2, 0.25) is 0 Å². The van der Waals surface area contributed by atoms with Crippen molar-refractivity contribution < 1.29 is 26.3 Å². The highest BCUT2D eigenvalue weighted by Crippen LogP contribution is 2.04. The summed E-state index contributed by atoms with van der Waals surface area (Å²) in [5.74, 6) is 0.678. The van der Waals surface area contributed by atoms with Gasteiger partial charge in [-0.1, -0.05) is 11.8 Å². The zero-order chi connectivity index (χ0) is 12.1. The summed E-state index contributed by atoms with van der Waals surface area (Å²) in [7, 11) is 1.92. The predicted molar refractivity (Wildman–Crippen MR) is 60.9 cm³/mol. The van der Waals surface area contributed by atoms with Gasteiger partial charge in [0.25, 0.3) is 0 Å². The van der Waals surface area contributed by atoms with Gasteiger partial charge in [0.1, 0.15) is 18.7 Å². The molecular formula is C9H13BrN6OS. The van der Waals surface area contributed by atoms with E-state index in [4.69, 9.17) is 0 Å². The molecule has 2 heterocycles. The Morgan fingerprint density at radius 2 is 2.33 bits per heavy atom. The Kier molecular flexibility index (Phi) is 5.99. The van der Waals surface area contributed by atoms with Crippen molar-refractivity contribution >= 4 is 16.9 Å². The lowest BCUT2D eigenvalue weighted by atomic mass is 10.7. The van der Waals surface area contributed by atoms with Gasteiger partial charge in [-0.25, -0.2) is 13.8 Å². The maximum Gasteiger partial charge on any atom is 0.243 e. The summed E-state index contributed by atoms with van der Waals surface area (Å²) < 4.78 is 5.36. The molecule has 0 aliphatic rings. The van der Waals surface area contributed by atoms with Gasteiger partial charge in [0.15, 0.2) is 6.54 Å². The van der Waals surface area contributed by atoms with Crippen molar-refractivity contribution in [3.05, 3.63) is 25.0 Å². The Morgan fingerprint density at radius 3 is 2.94 bits per heavy atom. The van der Waals surface area contributed by atoms with Crippen LogP contribution in [0.4, 0.5) is 0 Å². The fraction of sp³-hybridized carbons (Fsp3) is 0.444. The second-order valence-corrected chi connectivity index (χ2v) is 4.70. The number of nitrogens with zero attached hydrogens (tertiary/aromatic N) is 6. The van der Waals surface area contributed by atoms with E-state index < -0.39 is 0 Å². The van der Waals surface area contributed by atoms with Gasteiger partial charge in [-0.2, -0.15) is 0 Å². The smallest absolute Gasteiger partial charge is 0.243 e. The summed E-state index contributed by atoms with van der Waals surface area (Å²) in [6.45, 7) is 1.03. The lowest BCUT2D eigenvalue weighted by molar-refractivity contribution is -0.671. The number of tetrazole rings is 1. The minimum Gasteiger partial charge on any atom is -1.00 e. The van der Waals surface area contributed by atoms with E-state index in [0.717, 1.165) is 0 Å². The first-order chi connectivity index (χ1) is 8.24. The van der Waals surface area contributed by atoms with Crippen LogP contribution in [0.5, 0.6) is 0 Å². The van der Waals surface area contributed by atoms with E-state index in [2.05, 4.69) is 15.5 Å². The van der Waals surface area contributed by atoms with Crippen molar-refractivity contribution in [3.63, 3.8) is 0 Å². The van der Waals surface area contributed by atoms with Gasteiger partial charge in [-0.3, -0.25) is 4.79 Å². The molecule has 7 nitrogen and oxygen atoms in total. The molecule has 0 radical (unpaired) electrons. The normalized spacial score (nSPS) is 10.1. The largest absolute Gasteiger partial charge is 1.00 e. The molecule has 0 amide bonds. The molecule has 2 rings (SSSR count). The number of rotatable bonds is 5. The highest BCUT2D eigenvalue weighted by atomic mass is 79.9. The van der Waals surface area contributed by atoms with Gasteiger partial charge in [-0.15, -0.1) is 5.10 Å². The molecule has 0 atom stereocenters. The lowest BCUT2D eigenvalue weighted by Gasteiger charge is -1.98. The molecule has 9 heteroatoms. The molecule has 0 spiro atoms. The van der Waals surface area contributed by atoms with Gasteiger partial charge < -0.3 is 17.0 Å². The zero-order valence-electron chi connectivity index (χ0n) is 9.81. The van der Waals surface area contributed by atoms with Crippen LogP contribution in [0.1, 0.15) is 0 Å². The number of hydrogen-bond donors (Lipinski definition) is 0. The molecule has 18 heavy (non-hydrogen) atoms. The van der Waals surface area contributed by atoms with Crippen molar-refractivity contribution in [2.75, 3.05) is 5.75 Å². The molecule has 98 valence electrons. The number of hydrogen-bond acceptors (Lipinski definition) is 5. The molecule has 0 aromatic carbocycles. The predicted octanol–water partition coefficient (Wildman–Crippen LogP) is -3.74. The van der Waals surface area contributed by atoms with E-state index in [1.165, 1.54) is 18.1 Å². The van der Waals surface area contributed by atoms with Crippen LogP contribution in [0.3, 0.4) is 0 Å². The van der Waals surface area contributed by atoms with Crippen LogP contribution in [0.25, 0.3) is 0 Å². The van der Waals surface area contributed by atoms with Gasteiger partial charge in [0.05, 0.1) is 13.6 Å². The molecule has 0 bridgehead atoms. The van der Waals surface area contributed by atoms with Gasteiger partial charge in [-0.05, 0) is 10.4 Å². The quantitative estimate of drug-likeness (QED) is 0.526. The Bertz CT molecular complexity index is 485. The minimum absolute atomic E-state index is 0. The monoisotopic (exact) mass is 332 g/mol. The highest BCUT2D eigenvalue weighted by Gasteiger charge is 2.08. The van der Waals surface area contributed by atoms with Crippen LogP contribution in [-0.4, -0.2) is 35.6 Å². The van der Waals surface area contributed by atoms with Crippen molar-refractivity contribution in [1.82, 2.24) is 24.8 Å².